The molecule has 0 aliphatic carbocycles. The zero-order chi connectivity index (χ0) is 19.9. The highest BCUT2D eigenvalue weighted by Crippen LogP contribution is 2.31. The normalized spacial score (nSPS) is 11.7. The Hall–Kier alpha value is -2.31. The number of aryl methyl sites for hydroxylation is 1. The van der Waals surface area contributed by atoms with Gasteiger partial charge >= 0.3 is 6.36 Å². The fraction of sp³-hybridized carbons (Fsp3) is 0.400. The van der Waals surface area contributed by atoms with Crippen molar-refractivity contribution >= 4 is 0 Å². The van der Waals surface area contributed by atoms with Crippen LogP contribution in [0.25, 0.3) is 0 Å². The third-order valence-corrected chi connectivity index (χ3v) is 3.88. The molecule has 0 unspecified atom stereocenters. The lowest BCUT2D eigenvalue weighted by atomic mass is 10.1. The number of hydrogen-bond donors (Lipinski definition) is 0. The molecule has 2 aromatic rings. The monoisotopic (exact) mass is 388 g/mol. The van der Waals surface area contributed by atoms with E-state index in [0.29, 0.717) is 0 Å². The highest BCUT2D eigenvalue weighted by atomic mass is 19.4. The maximum absolute atomic E-state index is 12.7. The van der Waals surface area contributed by atoms with Crippen molar-refractivity contribution in [1.82, 2.24) is 0 Å². The Balaban J connectivity index is 2.10. The van der Waals surface area contributed by atoms with Crippen molar-refractivity contribution in [2.75, 3.05) is 0 Å². The van der Waals surface area contributed by atoms with Gasteiger partial charge in [-0.3, -0.25) is 0 Å². The maximum atomic E-state index is 12.7. The van der Waals surface area contributed by atoms with Crippen LogP contribution in [0.1, 0.15) is 36.5 Å². The van der Waals surface area contributed by atoms with E-state index in [1.165, 1.54) is 5.56 Å². The van der Waals surface area contributed by atoms with Crippen molar-refractivity contribution in [2.24, 2.45) is 0 Å². The van der Waals surface area contributed by atoms with E-state index in [-0.39, 0.29) is 17.9 Å². The van der Waals surface area contributed by atoms with Gasteiger partial charge in [0.15, 0.2) is 0 Å². The van der Waals surface area contributed by atoms with Crippen LogP contribution in [-0.4, -0.2) is 12.8 Å². The molecule has 2 aromatic carbocycles. The summed E-state index contributed by atoms with van der Waals surface area (Å²) in [5.41, 5.74) is 2.10. The second kappa shape index (κ2) is 9.58. The average molecular weight is 388 g/mol. The molecule has 0 fully saturated rings. The fourth-order valence-corrected chi connectivity index (χ4v) is 2.55. The van der Waals surface area contributed by atoms with E-state index in [1.54, 1.807) is 0 Å². The summed E-state index contributed by atoms with van der Waals surface area (Å²) in [4.78, 5) is 0. The van der Waals surface area contributed by atoms with Crippen molar-refractivity contribution in [2.45, 2.75) is 52.0 Å². The van der Waals surface area contributed by atoms with Crippen LogP contribution in [0.15, 0.2) is 42.5 Å². The van der Waals surface area contributed by atoms with Gasteiger partial charge in [-0.15, -0.1) is 13.2 Å². The Bertz CT molecular complexity index is 711. The zero-order valence-electron chi connectivity index (χ0n) is 14.9. The molecule has 0 saturated heterocycles. The Kier molecular flexibility index (Phi) is 7.45. The van der Waals surface area contributed by atoms with Crippen LogP contribution in [0.5, 0.6) is 11.5 Å². The summed E-state index contributed by atoms with van der Waals surface area (Å²) < 4.78 is 71.9. The average Bonchev–Trinajstić information content (AvgIpc) is 2.59. The molecule has 0 N–H and O–H groups in total. The number of hydrogen-bond acceptors (Lipinski definition) is 2. The number of benzene rings is 2. The van der Waals surface area contributed by atoms with Crippen molar-refractivity contribution in [1.29, 1.82) is 0 Å². The minimum absolute atomic E-state index is 0.0490. The highest BCUT2D eigenvalue weighted by Gasteiger charge is 2.31. The Morgan fingerprint density at radius 1 is 0.963 bits per heavy atom. The standard InChI is InChI=1S/C20H21F5O2/c1-2-3-4-14-5-7-15(8-6-14)13-26-18-12-17(27-20(23,24)25)10-9-16(18)11-19(21)22/h5-10,12,19H,2-4,11,13H2,1H3. The van der Waals surface area contributed by atoms with Gasteiger partial charge < -0.3 is 9.47 Å². The summed E-state index contributed by atoms with van der Waals surface area (Å²) in [5.74, 6) is -0.558. The lowest BCUT2D eigenvalue weighted by molar-refractivity contribution is -0.274. The first-order chi connectivity index (χ1) is 12.8. The molecule has 148 valence electrons. The van der Waals surface area contributed by atoms with Crippen molar-refractivity contribution in [3.8, 4) is 11.5 Å². The van der Waals surface area contributed by atoms with E-state index >= 15 is 0 Å². The maximum Gasteiger partial charge on any atom is 0.573 e. The smallest absolute Gasteiger partial charge is 0.488 e. The van der Waals surface area contributed by atoms with Crippen LogP contribution in [0.4, 0.5) is 22.0 Å². The summed E-state index contributed by atoms with van der Waals surface area (Å²) in [6.45, 7) is 2.16. The Labute approximate surface area is 154 Å². The van der Waals surface area contributed by atoms with Gasteiger partial charge in [-0.1, -0.05) is 43.7 Å². The first kappa shape index (κ1) is 21.0. The SMILES string of the molecule is CCCCc1ccc(COc2cc(OC(F)(F)F)ccc2CC(F)F)cc1. The van der Waals surface area contributed by atoms with Crippen LogP contribution in [0, 0.1) is 0 Å². The van der Waals surface area contributed by atoms with Crippen LogP contribution >= 0.6 is 0 Å². The van der Waals surface area contributed by atoms with Gasteiger partial charge in [0.25, 0.3) is 0 Å². The van der Waals surface area contributed by atoms with E-state index in [4.69, 9.17) is 4.74 Å². The lowest BCUT2D eigenvalue weighted by Crippen LogP contribution is -2.17. The van der Waals surface area contributed by atoms with Gasteiger partial charge in [0, 0.05) is 18.1 Å². The number of alkyl halides is 5. The molecule has 0 radical (unpaired) electrons. The molecule has 0 aliphatic rings. The molecular formula is C20H21F5O2. The molecule has 0 amide bonds. The largest absolute Gasteiger partial charge is 0.573 e. The van der Waals surface area contributed by atoms with Gasteiger partial charge in [0.2, 0.25) is 6.43 Å². The van der Waals surface area contributed by atoms with Gasteiger partial charge in [0.05, 0.1) is 0 Å². The third-order valence-electron chi connectivity index (χ3n) is 3.88. The Morgan fingerprint density at radius 3 is 2.22 bits per heavy atom. The first-order valence-corrected chi connectivity index (χ1v) is 8.64. The van der Waals surface area contributed by atoms with Crippen LogP contribution in [0.2, 0.25) is 0 Å². The molecule has 2 nitrogen and oxygen atoms in total. The van der Waals surface area contributed by atoms with E-state index < -0.39 is 25.0 Å². The molecule has 0 spiro atoms. The highest BCUT2D eigenvalue weighted by molar-refractivity contribution is 5.41. The summed E-state index contributed by atoms with van der Waals surface area (Å²) in [7, 11) is 0. The summed E-state index contributed by atoms with van der Waals surface area (Å²) >= 11 is 0. The molecule has 0 atom stereocenters. The van der Waals surface area contributed by atoms with Gasteiger partial charge in [-0.2, -0.15) is 0 Å². The third kappa shape index (κ3) is 7.45. The summed E-state index contributed by atoms with van der Waals surface area (Å²) in [6, 6.07) is 10.8. The molecule has 7 heteroatoms. The molecule has 27 heavy (non-hydrogen) atoms. The summed E-state index contributed by atoms with van der Waals surface area (Å²) in [6.07, 6.45) is -4.98. The predicted molar refractivity (Wildman–Crippen MR) is 92.2 cm³/mol. The minimum Gasteiger partial charge on any atom is -0.488 e. The van der Waals surface area contributed by atoms with Gasteiger partial charge in [-0.25, -0.2) is 8.78 Å². The van der Waals surface area contributed by atoms with E-state index in [1.807, 2.05) is 24.3 Å². The van der Waals surface area contributed by atoms with Crippen LogP contribution in [-0.2, 0) is 19.4 Å². The summed E-state index contributed by atoms with van der Waals surface area (Å²) in [5, 5.41) is 0. The predicted octanol–water partition coefficient (Wildman–Crippen LogP) is 6.31. The van der Waals surface area contributed by atoms with Gasteiger partial charge in [-0.05, 0) is 30.0 Å². The number of halogens is 5. The van der Waals surface area contributed by atoms with E-state index in [2.05, 4.69) is 11.7 Å². The molecule has 0 bridgehead atoms. The zero-order valence-corrected chi connectivity index (χ0v) is 14.9. The molecule has 2 rings (SSSR count). The molecule has 0 saturated carbocycles. The van der Waals surface area contributed by atoms with Crippen molar-refractivity contribution < 1.29 is 31.4 Å². The van der Waals surface area contributed by atoms with Crippen molar-refractivity contribution in [3.63, 3.8) is 0 Å². The molecule has 0 aliphatic heterocycles. The minimum atomic E-state index is -4.87. The number of ether oxygens (including phenoxy) is 2. The van der Waals surface area contributed by atoms with Gasteiger partial charge in [0.1, 0.15) is 18.1 Å². The topological polar surface area (TPSA) is 18.5 Å². The quantitative estimate of drug-likeness (QED) is 0.469. The van der Waals surface area contributed by atoms with Crippen LogP contribution in [0.3, 0.4) is 0 Å². The lowest BCUT2D eigenvalue weighted by Gasteiger charge is -2.15. The number of unbranched alkanes of at least 4 members (excludes halogenated alkanes) is 1. The fourth-order valence-electron chi connectivity index (χ4n) is 2.55. The van der Waals surface area contributed by atoms with E-state index in [9.17, 15) is 22.0 Å². The number of rotatable bonds is 9. The first-order valence-electron chi connectivity index (χ1n) is 8.64. The second-order valence-corrected chi connectivity index (χ2v) is 6.12. The molecule has 0 aromatic heterocycles. The van der Waals surface area contributed by atoms with Crippen molar-refractivity contribution in [3.05, 3.63) is 59.2 Å². The second-order valence-electron chi connectivity index (χ2n) is 6.12. The Morgan fingerprint density at radius 2 is 1.63 bits per heavy atom. The molecular weight excluding hydrogens is 367 g/mol. The van der Waals surface area contributed by atoms with E-state index in [0.717, 1.165) is 43.0 Å². The molecule has 0 heterocycles. The van der Waals surface area contributed by atoms with Crippen LogP contribution < -0.4 is 9.47 Å².